The van der Waals surface area contributed by atoms with Gasteiger partial charge in [-0.1, -0.05) is 51.4 Å². The summed E-state index contributed by atoms with van der Waals surface area (Å²) in [5, 5.41) is 0. The predicted octanol–water partition coefficient (Wildman–Crippen LogP) is 3.50. The summed E-state index contributed by atoms with van der Waals surface area (Å²) in [6.45, 7) is 3.72. The Bertz CT molecular complexity index is 171. The Morgan fingerprint density at radius 3 is 2.53 bits per heavy atom. The fourth-order valence-corrected chi connectivity index (χ4v) is 2.37. The van der Waals surface area contributed by atoms with Crippen LogP contribution in [0.1, 0.15) is 57.8 Å². The van der Waals surface area contributed by atoms with Crippen molar-refractivity contribution in [3.63, 3.8) is 0 Å². The second kappa shape index (κ2) is 7.72. The van der Waals surface area contributed by atoms with Crippen LogP contribution in [0.3, 0.4) is 0 Å². The quantitative estimate of drug-likeness (QED) is 0.496. The molecule has 0 aromatic rings. The van der Waals surface area contributed by atoms with Gasteiger partial charge in [0.05, 0.1) is 13.5 Å². The van der Waals surface area contributed by atoms with Gasteiger partial charge in [-0.25, -0.2) is 0 Å². The molecule has 0 N–H and O–H groups in total. The van der Waals surface area contributed by atoms with Gasteiger partial charge in [-0.3, -0.25) is 4.79 Å². The van der Waals surface area contributed by atoms with Crippen molar-refractivity contribution in [1.29, 1.82) is 0 Å². The Labute approximate surface area is 93.4 Å². The number of carbonyl (C=O) groups is 1. The molecule has 0 spiro atoms. The van der Waals surface area contributed by atoms with Crippen molar-refractivity contribution in [2.24, 2.45) is 5.92 Å². The van der Waals surface area contributed by atoms with Gasteiger partial charge in [-0.2, -0.15) is 0 Å². The van der Waals surface area contributed by atoms with Crippen LogP contribution in [0.25, 0.3) is 0 Å². The number of hydrogen-bond acceptors (Lipinski definition) is 2. The highest BCUT2D eigenvalue weighted by Crippen LogP contribution is 2.27. The lowest BCUT2D eigenvalue weighted by molar-refractivity contribution is -0.138. The second-order valence-electron chi connectivity index (χ2n) is 4.57. The number of hydrogen-bond donors (Lipinski definition) is 0. The third-order valence-corrected chi connectivity index (χ3v) is 3.24. The minimum atomic E-state index is -0.401. The summed E-state index contributed by atoms with van der Waals surface area (Å²) in [5.41, 5.74) is 0. The molecule has 1 aliphatic carbocycles. The summed E-state index contributed by atoms with van der Waals surface area (Å²) >= 11 is 0. The van der Waals surface area contributed by atoms with E-state index in [-0.39, 0.29) is 0 Å². The molecule has 1 fully saturated rings. The van der Waals surface area contributed by atoms with Crippen LogP contribution < -0.4 is 0 Å². The maximum atomic E-state index is 10.4. The van der Waals surface area contributed by atoms with Crippen molar-refractivity contribution >= 4 is 5.97 Å². The SMILES string of the molecule is [CH2]C(=O)OCCCCCC1CCCCC1. The maximum Gasteiger partial charge on any atom is 0.306 e. The van der Waals surface area contributed by atoms with E-state index in [1.807, 2.05) is 0 Å². The van der Waals surface area contributed by atoms with Crippen LogP contribution in [-0.4, -0.2) is 12.6 Å². The lowest BCUT2D eigenvalue weighted by Gasteiger charge is -2.21. The molecule has 0 heterocycles. The van der Waals surface area contributed by atoms with Crippen LogP contribution in [0.15, 0.2) is 0 Å². The van der Waals surface area contributed by atoms with Crippen molar-refractivity contribution in [2.75, 3.05) is 6.61 Å². The minimum absolute atomic E-state index is 0.401. The first-order valence-corrected chi connectivity index (χ1v) is 6.28. The van der Waals surface area contributed by atoms with Crippen molar-refractivity contribution in [2.45, 2.75) is 57.8 Å². The van der Waals surface area contributed by atoms with E-state index >= 15 is 0 Å². The van der Waals surface area contributed by atoms with Crippen LogP contribution in [0.2, 0.25) is 0 Å². The molecule has 0 aromatic heterocycles. The normalized spacial score (nSPS) is 17.7. The van der Waals surface area contributed by atoms with Gasteiger partial charge in [0.25, 0.3) is 0 Å². The number of unbranched alkanes of at least 4 members (excludes halogenated alkanes) is 2. The van der Waals surface area contributed by atoms with Gasteiger partial charge in [0.2, 0.25) is 0 Å². The first kappa shape index (κ1) is 12.5. The zero-order chi connectivity index (χ0) is 10.9. The third-order valence-electron chi connectivity index (χ3n) is 3.24. The number of ether oxygens (including phenoxy) is 1. The molecule has 0 atom stereocenters. The van der Waals surface area contributed by atoms with E-state index in [1.165, 1.54) is 51.4 Å². The molecular formula is C13H23O2. The van der Waals surface area contributed by atoms with Crippen LogP contribution in [0.4, 0.5) is 0 Å². The summed E-state index contributed by atoms with van der Waals surface area (Å²) in [6.07, 6.45) is 12.0. The van der Waals surface area contributed by atoms with E-state index < -0.39 is 5.97 Å². The monoisotopic (exact) mass is 211 g/mol. The average Bonchev–Trinajstić information content (AvgIpc) is 2.24. The van der Waals surface area contributed by atoms with Gasteiger partial charge in [0.15, 0.2) is 0 Å². The first-order chi connectivity index (χ1) is 7.29. The molecule has 0 amide bonds. The zero-order valence-corrected chi connectivity index (χ0v) is 9.67. The zero-order valence-electron chi connectivity index (χ0n) is 9.67. The van der Waals surface area contributed by atoms with Crippen molar-refractivity contribution < 1.29 is 9.53 Å². The maximum absolute atomic E-state index is 10.4. The molecule has 1 radical (unpaired) electrons. The Balaban J connectivity index is 1.85. The molecule has 1 rings (SSSR count). The van der Waals surface area contributed by atoms with Gasteiger partial charge >= 0.3 is 5.97 Å². The van der Waals surface area contributed by atoms with Crippen LogP contribution >= 0.6 is 0 Å². The molecule has 0 aromatic carbocycles. The van der Waals surface area contributed by atoms with Crippen molar-refractivity contribution in [1.82, 2.24) is 0 Å². The lowest BCUT2D eigenvalue weighted by Crippen LogP contribution is -2.06. The fourth-order valence-electron chi connectivity index (χ4n) is 2.37. The molecular weight excluding hydrogens is 188 g/mol. The summed E-state index contributed by atoms with van der Waals surface area (Å²) in [5.74, 6) is 0.580. The summed E-state index contributed by atoms with van der Waals surface area (Å²) in [4.78, 5) is 10.4. The van der Waals surface area contributed by atoms with Crippen LogP contribution in [0.5, 0.6) is 0 Å². The Kier molecular flexibility index (Phi) is 6.45. The number of esters is 1. The molecule has 0 saturated heterocycles. The number of rotatable bonds is 6. The molecule has 2 heteroatoms. The van der Waals surface area contributed by atoms with Gasteiger partial charge in [0.1, 0.15) is 0 Å². The van der Waals surface area contributed by atoms with Crippen molar-refractivity contribution in [3.05, 3.63) is 6.92 Å². The van der Waals surface area contributed by atoms with E-state index in [2.05, 4.69) is 6.92 Å². The van der Waals surface area contributed by atoms with E-state index in [4.69, 9.17) is 4.74 Å². The van der Waals surface area contributed by atoms with E-state index in [1.54, 1.807) is 0 Å². The molecule has 2 nitrogen and oxygen atoms in total. The third kappa shape index (κ3) is 6.53. The molecule has 0 aliphatic heterocycles. The van der Waals surface area contributed by atoms with E-state index in [0.717, 1.165) is 12.3 Å². The Morgan fingerprint density at radius 1 is 1.13 bits per heavy atom. The number of carbonyl (C=O) groups excluding carboxylic acids is 1. The molecule has 15 heavy (non-hydrogen) atoms. The van der Waals surface area contributed by atoms with Gasteiger partial charge in [-0.15, -0.1) is 0 Å². The highest BCUT2D eigenvalue weighted by Gasteiger charge is 2.12. The Hall–Kier alpha value is -0.530. The highest BCUT2D eigenvalue weighted by molar-refractivity contribution is 5.73. The molecule has 87 valence electrons. The molecule has 0 unspecified atom stereocenters. The van der Waals surface area contributed by atoms with E-state index in [0.29, 0.717) is 6.61 Å². The average molecular weight is 211 g/mol. The largest absolute Gasteiger partial charge is 0.466 e. The first-order valence-electron chi connectivity index (χ1n) is 6.28. The summed E-state index contributed by atoms with van der Waals surface area (Å²) in [7, 11) is 0. The smallest absolute Gasteiger partial charge is 0.306 e. The van der Waals surface area contributed by atoms with Crippen LogP contribution in [0, 0.1) is 12.8 Å². The Morgan fingerprint density at radius 2 is 1.87 bits per heavy atom. The van der Waals surface area contributed by atoms with Gasteiger partial charge < -0.3 is 4.74 Å². The highest BCUT2D eigenvalue weighted by atomic mass is 16.5. The lowest BCUT2D eigenvalue weighted by atomic mass is 9.86. The second-order valence-corrected chi connectivity index (χ2v) is 4.57. The predicted molar refractivity (Wildman–Crippen MR) is 61.4 cm³/mol. The summed E-state index contributed by atoms with van der Waals surface area (Å²) in [6, 6.07) is 0. The topological polar surface area (TPSA) is 26.3 Å². The summed E-state index contributed by atoms with van der Waals surface area (Å²) < 4.78 is 4.78. The fraction of sp³-hybridized carbons (Fsp3) is 0.846. The van der Waals surface area contributed by atoms with Gasteiger partial charge in [-0.05, 0) is 12.3 Å². The molecule has 1 aliphatic rings. The standard InChI is InChI=1S/C13H23O2/c1-12(14)15-11-7-3-6-10-13-8-4-2-5-9-13/h13H,1-11H2. The molecule has 1 saturated carbocycles. The van der Waals surface area contributed by atoms with Crippen molar-refractivity contribution in [3.8, 4) is 0 Å². The molecule has 0 bridgehead atoms. The van der Waals surface area contributed by atoms with Crippen LogP contribution in [-0.2, 0) is 9.53 Å². The van der Waals surface area contributed by atoms with E-state index in [9.17, 15) is 4.79 Å². The minimum Gasteiger partial charge on any atom is -0.466 e. The van der Waals surface area contributed by atoms with Gasteiger partial charge in [0, 0.05) is 0 Å².